The first-order valence-corrected chi connectivity index (χ1v) is 5.50. The Hall–Kier alpha value is -2.62. The molecule has 0 heterocycles. The maximum absolute atomic E-state index is 5.10. The van der Waals surface area contributed by atoms with E-state index in [0.29, 0.717) is 0 Å². The molecular formula is C14H14N4. The predicted molar refractivity (Wildman–Crippen MR) is 75.4 cm³/mol. The molecule has 0 saturated carbocycles. The van der Waals surface area contributed by atoms with Gasteiger partial charge in [-0.15, -0.1) is 0 Å². The molecule has 4 heteroatoms. The number of nitrogens with two attached hydrogens (primary N) is 2. The van der Waals surface area contributed by atoms with Crippen molar-refractivity contribution in [2.24, 2.45) is 21.9 Å². The zero-order chi connectivity index (χ0) is 12.8. The second kappa shape index (κ2) is 5.63. The molecule has 0 fully saturated rings. The van der Waals surface area contributed by atoms with Crippen molar-refractivity contribution in [3.63, 3.8) is 0 Å². The fourth-order valence-electron chi connectivity index (χ4n) is 1.70. The van der Waals surface area contributed by atoms with Gasteiger partial charge in [0.15, 0.2) is 0 Å². The maximum atomic E-state index is 5.10. The first-order valence-electron chi connectivity index (χ1n) is 5.50. The van der Waals surface area contributed by atoms with Crippen LogP contribution in [0.2, 0.25) is 0 Å². The van der Waals surface area contributed by atoms with E-state index in [2.05, 4.69) is 10.2 Å². The molecule has 0 aromatic heterocycles. The number of benzene rings is 2. The van der Waals surface area contributed by atoms with E-state index in [-0.39, 0.29) is 0 Å². The van der Waals surface area contributed by atoms with Crippen LogP contribution in [-0.4, -0.2) is 12.4 Å². The summed E-state index contributed by atoms with van der Waals surface area (Å²) in [5.74, 6) is 10.2. The quantitative estimate of drug-likeness (QED) is 0.487. The summed E-state index contributed by atoms with van der Waals surface area (Å²) in [7, 11) is 0. The third-order valence-electron chi connectivity index (χ3n) is 2.60. The van der Waals surface area contributed by atoms with Crippen molar-refractivity contribution in [1.29, 1.82) is 0 Å². The van der Waals surface area contributed by atoms with E-state index in [1.165, 1.54) is 0 Å². The molecule has 0 bridgehead atoms. The van der Waals surface area contributed by atoms with Crippen molar-refractivity contribution in [3.05, 3.63) is 59.7 Å². The maximum Gasteiger partial charge on any atom is 0.0538 e. The highest BCUT2D eigenvalue weighted by atomic mass is 15.1. The van der Waals surface area contributed by atoms with Gasteiger partial charge in [0.1, 0.15) is 0 Å². The Labute approximate surface area is 106 Å². The summed E-state index contributed by atoms with van der Waals surface area (Å²) in [5.41, 5.74) is 4.24. The van der Waals surface area contributed by atoms with Crippen LogP contribution in [0.5, 0.6) is 0 Å². The Morgan fingerprint density at radius 3 is 1.22 bits per heavy atom. The summed E-state index contributed by atoms with van der Waals surface area (Å²) >= 11 is 0. The van der Waals surface area contributed by atoms with Crippen molar-refractivity contribution in [2.45, 2.75) is 0 Å². The largest absolute Gasteiger partial charge is 0.323 e. The Bertz CT molecular complexity index is 500. The second-order valence-corrected chi connectivity index (χ2v) is 3.80. The fourth-order valence-corrected chi connectivity index (χ4v) is 1.70. The Kier molecular flexibility index (Phi) is 3.71. The molecule has 4 N–H and O–H groups in total. The molecule has 0 saturated heterocycles. The highest BCUT2D eigenvalue weighted by Gasteiger charge is 1.97. The van der Waals surface area contributed by atoms with E-state index in [9.17, 15) is 0 Å². The van der Waals surface area contributed by atoms with Gasteiger partial charge in [-0.3, -0.25) is 0 Å². The molecule has 0 aliphatic carbocycles. The van der Waals surface area contributed by atoms with Crippen LogP contribution >= 0.6 is 0 Å². The van der Waals surface area contributed by atoms with Gasteiger partial charge in [0.05, 0.1) is 12.4 Å². The first kappa shape index (κ1) is 11.9. The zero-order valence-electron chi connectivity index (χ0n) is 9.82. The van der Waals surface area contributed by atoms with Crippen LogP contribution in [0.1, 0.15) is 11.1 Å². The minimum atomic E-state index is 0.980. The van der Waals surface area contributed by atoms with Crippen LogP contribution in [-0.2, 0) is 0 Å². The number of hydrogen-bond acceptors (Lipinski definition) is 4. The Balaban J connectivity index is 2.25. The molecule has 2 aromatic carbocycles. The van der Waals surface area contributed by atoms with Gasteiger partial charge in [-0.2, -0.15) is 10.2 Å². The van der Waals surface area contributed by atoms with E-state index in [4.69, 9.17) is 11.7 Å². The molecule has 0 spiro atoms. The minimum absolute atomic E-state index is 0.980. The molecule has 0 unspecified atom stereocenters. The average molecular weight is 238 g/mol. The van der Waals surface area contributed by atoms with Gasteiger partial charge < -0.3 is 11.7 Å². The lowest BCUT2D eigenvalue weighted by Crippen LogP contribution is -1.88. The standard InChI is InChI=1S/C14H14N4/c15-17-9-11-1-5-13(6-2-11)14-7-3-12(4-8-14)10-18-16/h1-10H,15-16H2/b17-9+,18-10+. The topological polar surface area (TPSA) is 76.8 Å². The monoisotopic (exact) mass is 238 g/mol. The minimum Gasteiger partial charge on any atom is -0.323 e. The van der Waals surface area contributed by atoms with Crippen molar-refractivity contribution >= 4 is 12.4 Å². The highest BCUT2D eigenvalue weighted by molar-refractivity contribution is 5.82. The molecule has 0 atom stereocenters. The summed E-state index contributed by atoms with van der Waals surface area (Å²) in [6.07, 6.45) is 3.23. The lowest BCUT2D eigenvalue weighted by Gasteiger charge is -2.02. The average Bonchev–Trinajstić information content (AvgIpc) is 2.41. The third kappa shape index (κ3) is 2.74. The van der Waals surface area contributed by atoms with E-state index in [1.807, 2.05) is 48.5 Å². The third-order valence-corrected chi connectivity index (χ3v) is 2.60. The molecule has 0 aliphatic heterocycles. The number of rotatable bonds is 3. The van der Waals surface area contributed by atoms with Crippen LogP contribution in [0.4, 0.5) is 0 Å². The lowest BCUT2D eigenvalue weighted by molar-refractivity contribution is 1.26. The number of nitrogens with zero attached hydrogens (tertiary/aromatic N) is 2. The van der Waals surface area contributed by atoms with E-state index >= 15 is 0 Å². The van der Waals surface area contributed by atoms with Crippen molar-refractivity contribution in [1.82, 2.24) is 0 Å². The van der Waals surface area contributed by atoms with Crippen LogP contribution in [0.3, 0.4) is 0 Å². The SMILES string of the molecule is N/N=C/c1ccc(-c2ccc(/C=N/N)cc2)cc1. The van der Waals surface area contributed by atoms with Crippen LogP contribution in [0.25, 0.3) is 11.1 Å². The lowest BCUT2D eigenvalue weighted by atomic mass is 10.0. The van der Waals surface area contributed by atoms with Gasteiger partial charge in [-0.05, 0) is 22.3 Å². The summed E-state index contributed by atoms with van der Waals surface area (Å²) in [4.78, 5) is 0. The summed E-state index contributed by atoms with van der Waals surface area (Å²) < 4.78 is 0. The smallest absolute Gasteiger partial charge is 0.0538 e. The molecular weight excluding hydrogens is 224 g/mol. The summed E-state index contributed by atoms with van der Waals surface area (Å²) in [5, 5.41) is 6.98. The highest BCUT2D eigenvalue weighted by Crippen LogP contribution is 2.19. The molecule has 90 valence electrons. The molecule has 0 aliphatic rings. The van der Waals surface area contributed by atoms with Gasteiger partial charge in [0, 0.05) is 0 Å². The van der Waals surface area contributed by atoms with Crippen LogP contribution < -0.4 is 11.7 Å². The molecule has 0 radical (unpaired) electrons. The van der Waals surface area contributed by atoms with Gasteiger partial charge >= 0.3 is 0 Å². The van der Waals surface area contributed by atoms with Gasteiger partial charge in [0.25, 0.3) is 0 Å². The zero-order valence-corrected chi connectivity index (χ0v) is 9.82. The van der Waals surface area contributed by atoms with E-state index < -0.39 is 0 Å². The molecule has 18 heavy (non-hydrogen) atoms. The normalized spacial score (nSPS) is 11.3. The van der Waals surface area contributed by atoms with Crippen LogP contribution in [0.15, 0.2) is 58.7 Å². The number of hydrazone groups is 2. The molecule has 0 amide bonds. The summed E-state index contributed by atoms with van der Waals surface area (Å²) in [6.45, 7) is 0. The first-order chi connectivity index (χ1) is 8.83. The predicted octanol–water partition coefficient (Wildman–Crippen LogP) is 1.94. The Morgan fingerprint density at radius 2 is 0.944 bits per heavy atom. The fraction of sp³-hybridized carbons (Fsp3) is 0. The second-order valence-electron chi connectivity index (χ2n) is 3.80. The van der Waals surface area contributed by atoms with E-state index in [0.717, 1.165) is 22.3 Å². The van der Waals surface area contributed by atoms with Gasteiger partial charge in [-0.1, -0.05) is 48.5 Å². The van der Waals surface area contributed by atoms with E-state index in [1.54, 1.807) is 12.4 Å². The van der Waals surface area contributed by atoms with Crippen molar-refractivity contribution < 1.29 is 0 Å². The molecule has 4 nitrogen and oxygen atoms in total. The van der Waals surface area contributed by atoms with Crippen LogP contribution in [0, 0.1) is 0 Å². The molecule has 2 rings (SSSR count). The van der Waals surface area contributed by atoms with Crippen molar-refractivity contribution in [2.75, 3.05) is 0 Å². The summed E-state index contributed by atoms with van der Waals surface area (Å²) in [6, 6.07) is 16.0. The van der Waals surface area contributed by atoms with Crippen molar-refractivity contribution in [3.8, 4) is 11.1 Å². The number of hydrogen-bond donors (Lipinski definition) is 2. The molecule has 2 aromatic rings. The van der Waals surface area contributed by atoms with Gasteiger partial charge in [0.2, 0.25) is 0 Å². The Morgan fingerprint density at radius 1 is 0.611 bits per heavy atom. The van der Waals surface area contributed by atoms with Gasteiger partial charge in [-0.25, -0.2) is 0 Å².